The van der Waals surface area contributed by atoms with E-state index in [0.29, 0.717) is 33.8 Å². The van der Waals surface area contributed by atoms with E-state index in [1.54, 1.807) is 69.7 Å². The van der Waals surface area contributed by atoms with Gasteiger partial charge in [0.05, 0.1) is 11.4 Å². The van der Waals surface area contributed by atoms with Crippen LogP contribution in [-0.4, -0.2) is 56.2 Å². The summed E-state index contributed by atoms with van der Waals surface area (Å²) in [7, 11) is 5.36. The van der Waals surface area contributed by atoms with Gasteiger partial charge in [0.2, 0.25) is 0 Å². The molecule has 0 saturated heterocycles. The Morgan fingerprint density at radius 1 is 0.391 bits per heavy atom. The van der Waals surface area contributed by atoms with E-state index >= 15 is 0 Å². The van der Waals surface area contributed by atoms with Gasteiger partial charge in [-0.15, -0.1) is 0 Å². The Labute approximate surface area is 395 Å². The first kappa shape index (κ1) is 51.7. The third kappa shape index (κ3) is 15.3. The molecule has 348 valence electrons. The number of azide groups is 3. The SMILES string of the molecule is CNc1ccc(NC(=O)c2ccc(C(C)=O)cc2N=[N+]=[N-])cc1.CNc1cccc(NC(=O)c2cc(N=[N+]=[N-])cc(C(C)=O)c2)c1.CNc1cccc(NC(=O)c2ccc(C(C)=O)cc2N=[N+]=[N-])c1. The van der Waals surface area contributed by atoms with Crippen molar-refractivity contribution in [2.24, 2.45) is 15.3 Å². The van der Waals surface area contributed by atoms with E-state index in [2.05, 4.69) is 62.0 Å². The Morgan fingerprint density at radius 3 is 1.20 bits per heavy atom. The minimum Gasteiger partial charge on any atom is -0.388 e. The van der Waals surface area contributed by atoms with Gasteiger partial charge in [0.1, 0.15) is 0 Å². The second kappa shape index (κ2) is 25.5. The number of nitrogens with one attached hydrogen (secondary N) is 6. The number of nitrogens with zero attached hydrogens (tertiary/aromatic N) is 9. The van der Waals surface area contributed by atoms with Gasteiger partial charge in [-0.25, -0.2) is 0 Å². The lowest BCUT2D eigenvalue weighted by atomic mass is 10.1. The summed E-state index contributed by atoms with van der Waals surface area (Å²) in [5.41, 5.74) is 32.4. The monoisotopic (exact) mass is 927 g/mol. The Balaban J connectivity index is 0.000000225. The van der Waals surface area contributed by atoms with Crippen molar-refractivity contribution in [1.82, 2.24) is 0 Å². The number of Topliss-reactive ketones (excluding diaryl/α,β-unsaturated/α-hetero) is 3. The van der Waals surface area contributed by atoms with Gasteiger partial charge in [0.15, 0.2) is 17.3 Å². The van der Waals surface area contributed by atoms with E-state index in [0.717, 1.165) is 17.1 Å². The molecular formula is C48H45N15O6. The maximum Gasteiger partial charge on any atom is 0.256 e. The number of ketones is 3. The summed E-state index contributed by atoms with van der Waals surface area (Å²) in [6.45, 7) is 4.18. The molecule has 0 aliphatic rings. The number of benzene rings is 6. The third-order valence-electron chi connectivity index (χ3n) is 9.60. The highest BCUT2D eigenvalue weighted by Gasteiger charge is 2.16. The molecule has 6 rings (SSSR count). The van der Waals surface area contributed by atoms with Crippen LogP contribution in [0.15, 0.2) is 143 Å². The molecule has 0 aromatic heterocycles. The van der Waals surface area contributed by atoms with Crippen molar-refractivity contribution in [2.75, 3.05) is 53.0 Å². The molecule has 0 radical (unpaired) electrons. The van der Waals surface area contributed by atoms with Gasteiger partial charge in [0, 0.05) is 109 Å². The molecule has 0 unspecified atom stereocenters. The first-order valence-electron chi connectivity index (χ1n) is 20.5. The van der Waals surface area contributed by atoms with Gasteiger partial charge in [-0.05, 0) is 140 Å². The number of carbonyl (C=O) groups excluding carboxylic acids is 6. The zero-order chi connectivity index (χ0) is 50.5. The number of hydrogen-bond acceptors (Lipinski definition) is 12. The Morgan fingerprint density at radius 2 is 0.783 bits per heavy atom. The molecule has 6 N–H and O–H groups in total. The van der Waals surface area contributed by atoms with Crippen LogP contribution in [0.4, 0.5) is 51.2 Å². The van der Waals surface area contributed by atoms with Crippen LogP contribution in [0, 0.1) is 0 Å². The molecule has 0 saturated carbocycles. The average Bonchev–Trinajstić information content (AvgIpc) is 3.34. The van der Waals surface area contributed by atoms with Crippen molar-refractivity contribution in [3.8, 4) is 0 Å². The fourth-order valence-electron chi connectivity index (χ4n) is 6.03. The highest BCUT2D eigenvalue weighted by atomic mass is 16.2. The van der Waals surface area contributed by atoms with Crippen molar-refractivity contribution in [3.63, 3.8) is 0 Å². The highest BCUT2D eigenvalue weighted by molar-refractivity contribution is 6.10. The minimum atomic E-state index is -0.421. The van der Waals surface area contributed by atoms with Crippen molar-refractivity contribution in [3.05, 3.63) is 192 Å². The predicted molar refractivity (Wildman–Crippen MR) is 268 cm³/mol. The van der Waals surface area contributed by atoms with Crippen LogP contribution in [0.2, 0.25) is 0 Å². The van der Waals surface area contributed by atoms with Crippen LogP contribution in [0.25, 0.3) is 31.3 Å². The summed E-state index contributed by atoms with van der Waals surface area (Å²) < 4.78 is 0. The first-order valence-corrected chi connectivity index (χ1v) is 20.5. The number of carbonyl (C=O) groups is 6. The van der Waals surface area contributed by atoms with E-state index in [-0.39, 0.29) is 51.1 Å². The molecule has 0 fully saturated rings. The van der Waals surface area contributed by atoms with Crippen LogP contribution in [0.5, 0.6) is 0 Å². The molecule has 0 aliphatic carbocycles. The van der Waals surface area contributed by atoms with Gasteiger partial charge in [-0.2, -0.15) is 0 Å². The summed E-state index contributed by atoms with van der Waals surface area (Å²) in [6, 6.07) is 34.7. The summed E-state index contributed by atoms with van der Waals surface area (Å²) in [5.74, 6) is -1.79. The molecule has 6 aromatic carbocycles. The van der Waals surface area contributed by atoms with Crippen LogP contribution in [0.1, 0.15) is 82.9 Å². The lowest BCUT2D eigenvalue weighted by molar-refractivity contribution is 0.100. The standard InChI is InChI=1S/3C16H15N5O2/c1-10(22)11-3-8-14(15(9-11)20-21-17)16(23)19-13-6-4-12(18-2)5-7-13;1-10(22)11-6-12(8-15(7-11)20-21-17)16(23)19-14-5-3-4-13(9-14)18-2;1-10(22)11-6-7-14(15(8-11)20-21-17)16(23)19-13-5-3-4-12(9-13)18-2/h3*3-9,18H,1-2H3,(H,19,23). The zero-order valence-electron chi connectivity index (χ0n) is 38.1. The smallest absolute Gasteiger partial charge is 0.256 e. The fraction of sp³-hybridized carbons (Fsp3) is 0.125. The molecule has 0 spiro atoms. The van der Waals surface area contributed by atoms with Crippen molar-refractivity contribution < 1.29 is 28.8 Å². The molecule has 0 heterocycles. The van der Waals surface area contributed by atoms with E-state index in [9.17, 15) is 28.8 Å². The molecule has 3 amide bonds. The molecule has 21 nitrogen and oxygen atoms in total. The number of hydrogen-bond donors (Lipinski definition) is 6. The molecule has 0 aliphatic heterocycles. The molecule has 6 aromatic rings. The summed E-state index contributed by atoms with van der Waals surface area (Å²) in [4.78, 5) is 79.5. The van der Waals surface area contributed by atoms with Crippen molar-refractivity contribution in [1.29, 1.82) is 0 Å². The first-order chi connectivity index (χ1) is 33.1. The maximum absolute atomic E-state index is 12.4. The van der Waals surface area contributed by atoms with E-state index in [4.69, 9.17) is 16.6 Å². The lowest BCUT2D eigenvalue weighted by Crippen LogP contribution is -2.12. The number of anilines is 6. The van der Waals surface area contributed by atoms with Crippen LogP contribution in [-0.2, 0) is 0 Å². The van der Waals surface area contributed by atoms with Gasteiger partial charge in [-0.3, -0.25) is 28.8 Å². The second-order valence-corrected chi connectivity index (χ2v) is 14.3. The molecule has 0 atom stereocenters. The van der Waals surface area contributed by atoms with E-state index in [1.165, 1.54) is 75.4 Å². The van der Waals surface area contributed by atoms with Crippen LogP contribution in [0.3, 0.4) is 0 Å². The van der Waals surface area contributed by atoms with Gasteiger partial charge in [0.25, 0.3) is 17.7 Å². The maximum atomic E-state index is 12.4. The van der Waals surface area contributed by atoms with Gasteiger partial charge >= 0.3 is 0 Å². The number of rotatable bonds is 15. The average molecular weight is 928 g/mol. The topological polar surface area (TPSA) is 321 Å². The largest absolute Gasteiger partial charge is 0.388 e. The molecule has 0 bridgehead atoms. The second-order valence-electron chi connectivity index (χ2n) is 14.3. The Kier molecular flexibility index (Phi) is 19.1. The molecule has 21 heteroatoms. The third-order valence-corrected chi connectivity index (χ3v) is 9.60. The normalized spacial score (nSPS) is 9.65. The van der Waals surface area contributed by atoms with Gasteiger partial charge in [-0.1, -0.05) is 39.6 Å². The Bertz CT molecular complexity index is 3040. The zero-order valence-corrected chi connectivity index (χ0v) is 38.1. The highest BCUT2D eigenvalue weighted by Crippen LogP contribution is 2.26. The van der Waals surface area contributed by atoms with Crippen LogP contribution < -0.4 is 31.9 Å². The summed E-state index contributed by atoms with van der Waals surface area (Å²) in [6.07, 6.45) is 0. The van der Waals surface area contributed by atoms with Crippen molar-refractivity contribution >= 4 is 86.3 Å². The quantitative estimate of drug-likeness (QED) is 0.0246. The minimum absolute atomic E-state index is 0.113. The lowest BCUT2D eigenvalue weighted by Gasteiger charge is -2.09. The molecule has 69 heavy (non-hydrogen) atoms. The van der Waals surface area contributed by atoms with Crippen molar-refractivity contribution in [2.45, 2.75) is 20.8 Å². The molecular weight excluding hydrogens is 883 g/mol. The van der Waals surface area contributed by atoms with E-state index in [1.807, 2.05) is 24.3 Å². The number of amides is 3. The summed E-state index contributed by atoms with van der Waals surface area (Å²) in [5, 5.41) is 27.6. The van der Waals surface area contributed by atoms with E-state index < -0.39 is 17.7 Å². The predicted octanol–water partition coefficient (Wildman–Crippen LogP) is 12.4. The summed E-state index contributed by atoms with van der Waals surface area (Å²) >= 11 is 0. The van der Waals surface area contributed by atoms with Gasteiger partial charge < -0.3 is 31.9 Å². The fourth-order valence-corrected chi connectivity index (χ4v) is 6.03. The van der Waals surface area contributed by atoms with Crippen LogP contribution >= 0.6 is 0 Å². The Hall–Kier alpha value is -9.93.